The summed E-state index contributed by atoms with van der Waals surface area (Å²) in [7, 11) is -1.09. The lowest BCUT2D eigenvalue weighted by molar-refractivity contribution is -0.282. The van der Waals surface area contributed by atoms with E-state index in [4.69, 9.17) is 58.0 Å². The number of phosphoric ester groups is 1. The quantitative estimate of drug-likeness (QED) is 0.0161. The van der Waals surface area contributed by atoms with Crippen LogP contribution in [0.1, 0.15) is 112 Å². The Morgan fingerprint density at radius 1 is 0.468 bits per heavy atom. The van der Waals surface area contributed by atoms with Crippen molar-refractivity contribution >= 4 is 37.4 Å². The van der Waals surface area contributed by atoms with Gasteiger partial charge in [-0.2, -0.15) is 0 Å². The molecule has 554 valence electrons. The molecule has 17 N–H and O–H groups in total. The summed E-state index contributed by atoms with van der Waals surface area (Å²) in [5.74, 6) is -4.23. The standard InChI is InChI=1S/C50H91N5O24.C7H18NO4P.C2H6/c1-30-41(64)44(67)33(24-56)77-47(30)74-17-6-13-51-36(59)9-20-71-27-50(55-40(63)23-39(62)54-12-5-16-70-4,28-72-21-10-37(60)52-14-7-18-75-48-31(2)42(65)45(68)34(25-57)78-48)29-73-22-11-38(61)53-15-8-19-76-49-32(3)43(66)46(69)35(26-58)79-49;1-11-13(9,10)12-7-5-3-2-4-6-8;1-2/h30-35,41-49,56-58,64-69H,5-29H2,1-4H3,(H,51,59)(H,52,60)(H,53,61)(H,54,62)(H,55,63);2-8H2,1H3,(H,9,10);1-2H3/t30?,31?,32?,33?,34?,35?,41-,42-,43-,44+,45+,46+,47-,48-,49-,50?;;/m1../s1. The lowest BCUT2D eigenvalue weighted by atomic mass is 9.92. The molecule has 0 aromatic heterocycles. The third-order valence-electron chi connectivity index (χ3n) is 15.1. The van der Waals surface area contributed by atoms with Crippen molar-refractivity contribution < 1.29 is 136 Å². The highest BCUT2D eigenvalue weighted by Gasteiger charge is 2.45. The molecule has 3 rings (SSSR count). The van der Waals surface area contributed by atoms with Gasteiger partial charge in [0.1, 0.15) is 48.6 Å². The van der Waals surface area contributed by atoms with Crippen molar-refractivity contribution in [2.45, 2.75) is 191 Å². The zero-order valence-electron chi connectivity index (χ0n) is 55.9. The van der Waals surface area contributed by atoms with Gasteiger partial charge in [0.15, 0.2) is 18.9 Å². The molecular formula is C59H115N6O28P. The van der Waals surface area contributed by atoms with Crippen LogP contribution in [0.25, 0.3) is 0 Å². The topological polar surface area (TPSA) is 502 Å². The number of ether oxygens (including phenoxy) is 10. The summed E-state index contributed by atoms with van der Waals surface area (Å²) >= 11 is 0. The molecule has 3 fully saturated rings. The number of hydrogen-bond donors (Lipinski definition) is 16. The molecule has 0 bridgehead atoms. The van der Waals surface area contributed by atoms with Gasteiger partial charge in [0.2, 0.25) is 29.5 Å². The van der Waals surface area contributed by atoms with Crippen molar-refractivity contribution in [1.29, 1.82) is 0 Å². The molecule has 35 heteroatoms. The monoisotopic (exact) mass is 1390 g/mol. The number of phosphoric acid groups is 1. The number of nitrogens with one attached hydrogen (secondary N) is 5. The maximum atomic E-state index is 13.5. The second-order valence-corrected chi connectivity index (χ2v) is 24.3. The summed E-state index contributed by atoms with van der Waals surface area (Å²) in [4.78, 5) is 73.6. The molecule has 0 aromatic rings. The fourth-order valence-corrected chi connectivity index (χ4v) is 9.82. The van der Waals surface area contributed by atoms with Crippen molar-refractivity contribution in [3.63, 3.8) is 0 Å². The van der Waals surface area contributed by atoms with Crippen LogP contribution in [0, 0.1) is 17.8 Å². The summed E-state index contributed by atoms with van der Waals surface area (Å²) in [6.07, 6.45) is -8.71. The maximum absolute atomic E-state index is 13.5. The first kappa shape index (κ1) is 88.7. The number of methoxy groups -OCH3 is 1. The number of carbonyl (C=O) groups is 5. The molecule has 3 aliphatic heterocycles. The normalized spacial score (nSPS) is 27.2. The fourth-order valence-electron chi connectivity index (χ4n) is 9.35. The average Bonchev–Trinajstić information content (AvgIpc) is 0.982. The van der Waals surface area contributed by atoms with Crippen LogP contribution in [0.4, 0.5) is 0 Å². The summed E-state index contributed by atoms with van der Waals surface area (Å²) in [6, 6.07) is 0. The molecule has 0 radical (unpaired) electrons. The molecule has 5 amide bonds. The van der Waals surface area contributed by atoms with E-state index in [0.717, 1.165) is 32.8 Å². The molecule has 0 saturated carbocycles. The molecule has 16 atom stereocenters. The Kier molecular flexibility index (Phi) is 48.8. The van der Waals surface area contributed by atoms with E-state index in [-0.39, 0.29) is 129 Å². The van der Waals surface area contributed by atoms with Gasteiger partial charge < -0.3 is 131 Å². The van der Waals surface area contributed by atoms with Gasteiger partial charge in [0, 0.05) is 84.0 Å². The largest absolute Gasteiger partial charge is 0.471 e. The predicted octanol–water partition coefficient (Wildman–Crippen LogP) is -3.31. The van der Waals surface area contributed by atoms with Crippen LogP contribution in [-0.2, 0) is 85.0 Å². The van der Waals surface area contributed by atoms with E-state index in [1.54, 1.807) is 20.8 Å². The highest BCUT2D eigenvalue weighted by molar-refractivity contribution is 7.47. The van der Waals surface area contributed by atoms with Gasteiger partial charge in [-0.3, -0.25) is 33.0 Å². The molecule has 0 aromatic carbocycles. The van der Waals surface area contributed by atoms with Crippen molar-refractivity contribution in [2.75, 3.05) is 139 Å². The van der Waals surface area contributed by atoms with Gasteiger partial charge in [-0.25, -0.2) is 4.57 Å². The first-order valence-electron chi connectivity index (χ1n) is 32.5. The molecule has 3 aliphatic rings. The number of amides is 5. The van der Waals surface area contributed by atoms with Crippen LogP contribution in [0.5, 0.6) is 0 Å². The minimum atomic E-state index is -3.75. The third-order valence-corrected chi connectivity index (χ3v) is 16.0. The van der Waals surface area contributed by atoms with Crippen LogP contribution < -0.4 is 32.3 Å². The highest BCUT2D eigenvalue weighted by atomic mass is 31.2. The summed E-state index contributed by atoms with van der Waals surface area (Å²) in [6.45, 7) is 8.48. The van der Waals surface area contributed by atoms with E-state index in [9.17, 15) is 74.5 Å². The number of carbonyl (C=O) groups excluding carboxylic acids is 5. The SMILES string of the molecule is CC.COCCCNC(=O)CC(=O)NC(COCCC(=O)NCCCO[C@@H]1OC(CO)[C@H](O)[C@H](O)C1C)(COCCC(=O)NCCCO[C@@H]1OC(CO)[C@H](O)[C@H](O)C1C)COCCC(=O)NCCCO[C@@H]1OC(CO)[C@H](O)[C@H](O)C1C.COP(=O)(O)OCCCCCCN. The van der Waals surface area contributed by atoms with Gasteiger partial charge in [0.05, 0.1) is 104 Å². The Morgan fingerprint density at radius 2 is 0.809 bits per heavy atom. The Bertz CT molecular complexity index is 1900. The zero-order valence-corrected chi connectivity index (χ0v) is 56.8. The Morgan fingerprint density at radius 3 is 1.14 bits per heavy atom. The lowest BCUT2D eigenvalue weighted by Gasteiger charge is -2.40. The highest BCUT2D eigenvalue weighted by Crippen LogP contribution is 2.42. The average molecular weight is 1390 g/mol. The number of hydrogen-bond acceptors (Lipinski definition) is 28. The van der Waals surface area contributed by atoms with Crippen LogP contribution in [0.15, 0.2) is 0 Å². The molecule has 7 unspecified atom stereocenters. The van der Waals surface area contributed by atoms with E-state index in [2.05, 4.69) is 35.6 Å². The number of aliphatic hydroxyl groups is 9. The minimum Gasteiger partial charge on any atom is -0.394 e. The minimum absolute atomic E-state index is 0.123. The second-order valence-electron chi connectivity index (χ2n) is 22.7. The molecule has 3 heterocycles. The molecule has 0 aliphatic carbocycles. The summed E-state index contributed by atoms with van der Waals surface area (Å²) < 4.78 is 76.3. The number of nitrogens with two attached hydrogens (primary N) is 1. The van der Waals surface area contributed by atoms with Crippen molar-refractivity contribution in [1.82, 2.24) is 26.6 Å². The van der Waals surface area contributed by atoms with E-state index in [0.29, 0.717) is 38.8 Å². The first-order valence-corrected chi connectivity index (χ1v) is 34.0. The van der Waals surface area contributed by atoms with Crippen LogP contribution in [-0.4, -0.2) is 299 Å². The predicted molar refractivity (Wildman–Crippen MR) is 334 cm³/mol. The van der Waals surface area contributed by atoms with E-state index >= 15 is 0 Å². The number of unbranched alkanes of at least 4 members (excludes halogenated alkanes) is 3. The van der Waals surface area contributed by atoms with Crippen molar-refractivity contribution in [3.05, 3.63) is 0 Å². The van der Waals surface area contributed by atoms with Gasteiger partial charge in [-0.1, -0.05) is 47.5 Å². The fraction of sp³-hybridized carbons (Fsp3) is 0.915. The second kappa shape index (κ2) is 51.8. The molecule has 34 nitrogen and oxygen atoms in total. The van der Waals surface area contributed by atoms with E-state index < -0.39 is 143 Å². The van der Waals surface area contributed by atoms with Gasteiger partial charge in [0.25, 0.3) is 0 Å². The molecule has 0 spiro atoms. The Balaban J connectivity index is 0.00000261. The molecule has 94 heavy (non-hydrogen) atoms. The van der Waals surface area contributed by atoms with Gasteiger partial charge in [-0.15, -0.1) is 0 Å². The molecular weight excluding hydrogens is 1270 g/mol. The third kappa shape index (κ3) is 36.0. The smallest absolute Gasteiger partial charge is 0.394 e. The Hall–Kier alpha value is -3.34. The lowest BCUT2D eigenvalue weighted by Crippen LogP contribution is -2.59. The summed E-state index contributed by atoms with van der Waals surface area (Å²) in [5.41, 5.74) is 3.76. The number of rotatable bonds is 48. The van der Waals surface area contributed by atoms with Crippen LogP contribution in [0.3, 0.4) is 0 Å². The summed E-state index contributed by atoms with van der Waals surface area (Å²) in [5, 5.41) is 103. The van der Waals surface area contributed by atoms with E-state index in [1.807, 2.05) is 13.8 Å². The maximum Gasteiger partial charge on any atom is 0.471 e. The number of aliphatic hydroxyl groups excluding tert-OH is 9. The molecule has 3 saturated heterocycles. The zero-order chi connectivity index (χ0) is 70.5. The van der Waals surface area contributed by atoms with Crippen LogP contribution in [0.2, 0.25) is 0 Å². The van der Waals surface area contributed by atoms with Crippen molar-refractivity contribution in [2.24, 2.45) is 23.5 Å². The van der Waals surface area contributed by atoms with Gasteiger partial charge >= 0.3 is 7.82 Å². The van der Waals surface area contributed by atoms with E-state index in [1.165, 1.54) is 7.11 Å². The van der Waals surface area contributed by atoms with Gasteiger partial charge in [-0.05, 0) is 45.1 Å². The first-order chi connectivity index (χ1) is 44.9. The Labute approximate surface area is 552 Å². The van der Waals surface area contributed by atoms with Crippen LogP contribution >= 0.6 is 7.82 Å². The van der Waals surface area contributed by atoms with Crippen molar-refractivity contribution in [3.8, 4) is 0 Å².